The van der Waals surface area contributed by atoms with Gasteiger partial charge in [0.15, 0.2) is 0 Å². The number of benzene rings is 3. The van der Waals surface area contributed by atoms with Crippen LogP contribution in [-0.2, 0) is 12.8 Å². The molecule has 6 nitrogen and oxygen atoms in total. The number of rotatable bonds is 5. The maximum Gasteiger partial charge on any atom is 0.573 e. The van der Waals surface area contributed by atoms with Gasteiger partial charge in [-0.1, -0.05) is 36.9 Å². The van der Waals surface area contributed by atoms with E-state index in [0.717, 1.165) is 51.3 Å². The maximum atomic E-state index is 12.5. The number of nitrogens with zero attached hydrogens (tertiary/aromatic N) is 4. The molecule has 0 unspecified atom stereocenters. The molecule has 1 aromatic heterocycles. The van der Waals surface area contributed by atoms with Crippen molar-refractivity contribution < 1.29 is 17.9 Å². The summed E-state index contributed by atoms with van der Waals surface area (Å²) in [6, 6.07) is 17.7. The van der Waals surface area contributed by atoms with Gasteiger partial charge in [-0.3, -0.25) is 0 Å². The number of imidazole rings is 1. The second-order valence-corrected chi connectivity index (χ2v) is 9.55. The van der Waals surface area contributed by atoms with Gasteiger partial charge < -0.3 is 14.6 Å². The number of azo groups is 1. The lowest BCUT2D eigenvalue weighted by molar-refractivity contribution is -0.274. The van der Waals surface area contributed by atoms with Crippen molar-refractivity contribution in [2.24, 2.45) is 10.2 Å². The molecule has 198 valence electrons. The van der Waals surface area contributed by atoms with Crippen LogP contribution in [-0.4, -0.2) is 21.0 Å². The van der Waals surface area contributed by atoms with Crippen molar-refractivity contribution in [1.29, 1.82) is 0 Å². The van der Waals surface area contributed by atoms with Crippen molar-refractivity contribution >= 4 is 28.7 Å². The van der Waals surface area contributed by atoms with Gasteiger partial charge in [0.2, 0.25) is 5.11 Å². The number of ether oxygens (including phenoxy) is 1. The number of alkyl halides is 3. The monoisotopic (exact) mass is 547 g/mol. The van der Waals surface area contributed by atoms with E-state index in [1.807, 2.05) is 54.8 Å². The fourth-order valence-electron chi connectivity index (χ4n) is 4.64. The summed E-state index contributed by atoms with van der Waals surface area (Å²) in [5.74, 6) is -0.266. The average Bonchev–Trinajstić information content (AvgIpc) is 3.33. The summed E-state index contributed by atoms with van der Waals surface area (Å²) in [5.41, 5.74) is 8.99. The zero-order valence-corrected chi connectivity index (χ0v) is 22.0. The van der Waals surface area contributed by atoms with Crippen LogP contribution in [0.5, 0.6) is 5.75 Å². The molecule has 0 fully saturated rings. The van der Waals surface area contributed by atoms with Gasteiger partial charge in [-0.05, 0) is 85.9 Å². The molecule has 3 aromatic carbocycles. The Balaban J connectivity index is 1.31. The maximum absolute atomic E-state index is 12.5. The van der Waals surface area contributed by atoms with Gasteiger partial charge in [0.1, 0.15) is 12.1 Å². The summed E-state index contributed by atoms with van der Waals surface area (Å²) in [6.45, 7) is 8.05. The highest BCUT2D eigenvalue weighted by Gasteiger charge is 2.31. The second kappa shape index (κ2) is 10.5. The van der Waals surface area contributed by atoms with E-state index in [2.05, 4.69) is 31.8 Å². The van der Waals surface area contributed by atoms with E-state index >= 15 is 0 Å². The summed E-state index contributed by atoms with van der Waals surface area (Å²) in [5, 5.41) is 11.8. The summed E-state index contributed by atoms with van der Waals surface area (Å²) in [7, 11) is 0. The largest absolute Gasteiger partial charge is 0.573 e. The van der Waals surface area contributed by atoms with Crippen LogP contribution in [0.2, 0.25) is 0 Å². The summed E-state index contributed by atoms with van der Waals surface area (Å²) >= 11 is 5.36. The Morgan fingerprint density at radius 1 is 1.03 bits per heavy atom. The summed E-state index contributed by atoms with van der Waals surface area (Å²) < 4.78 is 43.3. The van der Waals surface area contributed by atoms with Crippen molar-refractivity contribution in [3.05, 3.63) is 102 Å². The molecular weight excluding hydrogens is 523 g/mol. The van der Waals surface area contributed by atoms with Gasteiger partial charge >= 0.3 is 6.36 Å². The van der Waals surface area contributed by atoms with Crippen molar-refractivity contribution in [3.63, 3.8) is 0 Å². The number of aromatic nitrogens is 2. The van der Waals surface area contributed by atoms with Crippen LogP contribution in [0.1, 0.15) is 27.9 Å². The van der Waals surface area contributed by atoms with E-state index in [4.69, 9.17) is 12.2 Å². The highest BCUT2D eigenvalue weighted by atomic mass is 32.1. The zero-order chi connectivity index (χ0) is 27.7. The molecular formula is C29H24F3N5OS. The molecule has 0 saturated carbocycles. The first kappa shape index (κ1) is 26.3. The normalized spacial score (nSPS) is 12.6. The fourth-order valence-corrected chi connectivity index (χ4v) is 4.78. The van der Waals surface area contributed by atoms with E-state index in [-0.39, 0.29) is 10.9 Å². The first-order valence-corrected chi connectivity index (χ1v) is 12.5. The van der Waals surface area contributed by atoms with Crippen molar-refractivity contribution in [3.8, 4) is 22.7 Å². The van der Waals surface area contributed by atoms with Crippen molar-refractivity contribution in [2.75, 3.05) is 5.32 Å². The predicted octanol–water partition coefficient (Wildman–Crippen LogP) is 7.97. The SMILES string of the molecule is C=C(/N=N/C(=S)Nc1c(C)cccc1C)c1ccc2c(c1)CCc1c-2ncn1-c1ccc(OC(F)(F)F)cc1. The highest BCUT2D eigenvalue weighted by molar-refractivity contribution is 7.80. The fraction of sp³-hybridized carbons (Fsp3) is 0.172. The Hall–Kier alpha value is -4.31. The van der Waals surface area contributed by atoms with Gasteiger partial charge in [-0.2, -0.15) is 0 Å². The van der Waals surface area contributed by atoms with Crippen LogP contribution < -0.4 is 10.1 Å². The number of anilines is 1. The van der Waals surface area contributed by atoms with E-state index in [1.165, 1.54) is 12.1 Å². The smallest absolute Gasteiger partial charge is 0.406 e. The third-order valence-electron chi connectivity index (χ3n) is 6.51. The minimum atomic E-state index is -4.73. The Morgan fingerprint density at radius 3 is 2.44 bits per heavy atom. The molecule has 0 atom stereocenters. The molecule has 0 radical (unpaired) electrons. The molecule has 39 heavy (non-hydrogen) atoms. The molecule has 0 amide bonds. The third-order valence-corrected chi connectivity index (χ3v) is 6.70. The number of hydrogen-bond donors (Lipinski definition) is 1. The number of para-hydroxylation sites is 1. The van der Waals surface area contributed by atoms with Crippen LogP contribution in [0, 0.1) is 13.8 Å². The summed E-state index contributed by atoms with van der Waals surface area (Å²) in [6.07, 6.45) is -1.57. The molecule has 1 aliphatic rings. The quantitative estimate of drug-likeness (QED) is 0.203. The Labute approximate surface area is 228 Å². The van der Waals surface area contributed by atoms with Crippen molar-refractivity contribution in [2.45, 2.75) is 33.1 Å². The van der Waals surface area contributed by atoms with E-state index in [1.54, 1.807) is 18.5 Å². The number of thiocarbonyl (C=S) groups is 1. The molecule has 10 heteroatoms. The van der Waals surface area contributed by atoms with Gasteiger partial charge in [0.05, 0.1) is 17.1 Å². The van der Waals surface area contributed by atoms with E-state index in [9.17, 15) is 13.2 Å². The number of fused-ring (bicyclic) bond motifs is 3. The number of nitrogens with one attached hydrogen (secondary N) is 1. The molecule has 0 spiro atoms. The highest BCUT2D eigenvalue weighted by Crippen LogP contribution is 2.35. The minimum absolute atomic E-state index is 0.250. The van der Waals surface area contributed by atoms with E-state index in [0.29, 0.717) is 17.8 Å². The van der Waals surface area contributed by atoms with Gasteiger partial charge in [-0.25, -0.2) is 4.98 Å². The molecule has 0 bridgehead atoms. The predicted molar refractivity (Wildman–Crippen MR) is 149 cm³/mol. The summed E-state index contributed by atoms with van der Waals surface area (Å²) in [4.78, 5) is 4.61. The molecule has 1 N–H and O–H groups in total. The lowest BCUT2D eigenvalue weighted by atomic mass is 9.90. The molecule has 0 saturated heterocycles. The molecule has 0 aliphatic heterocycles. The Kier molecular flexibility index (Phi) is 7.05. The first-order valence-electron chi connectivity index (χ1n) is 12.1. The van der Waals surface area contributed by atoms with Crippen LogP contribution in [0.15, 0.2) is 83.8 Å². The van der Waals surface area contributed by atoms with Gasteiger partial charge in [0.25, 0.3) is 0 Å². The standard InChI is InChI=1S/C29H24F3N5OS/c1-17-5-4-6-18(2)26(17)34-28(39)36-35-19(3)20-7-13-24-21(15-20)8-14-25-27(24)33-16-37(25)22-9-11-23(12-10-22)38-29(30,31)32/h4-7,9-13,15-16H,3,8,14H2,1-2H3,(H,34,39)/b36-35+. The number of halogens is 3. The Bertz CT molecular complexity index is 1590. The van der Waals surface area contributed by atoms with E-state index < -0.39 is 6.36 Å². The van der Waals surface area contributed by atoms with Gasteiger partial charge in [-0.15, -0.1) is 23.4 Å². The molecule has 5 rings (SSSR count). The molecule has 1 aliphatic carbocycles. The van der Waals surface area contributed by atoms with Crippen LogP contribution in [0.25, 0.3) is 22.6 Å². The number of aryl methyl sites for hydroxylation is 3. The second-order valence-electron chi connectivity index (χ2n) is 9.17. The Morgan fingerprint density at radius 2 is 1.74 bits per heavy atom. The topological polar surface area (TPSA) is 63.8 Å². The van der Waals surface area contributed by atoms with Crippen LogP contribution in [0.3, 0.4) is 0 Å². The van der Waals surface area contributed by atoms with Gasteiger partial charge in [0, 0.05) is 22.5 Å². The first-order chi connectivity index (χ1) is 18.6. The van der Waals surface area contributed by atoms with Crippen molar-refractivity contribution in [1.82, 2.24) is 9.55 Å². The van der Waals surface area contributed by atoms with Crippen LogP contribution in [0.4, 0.5) is 18.9 Å². The van der Waals surface area contributed by atoms with Crippen LogP contribution >= 0.6 is 12.2 Å². The molecule has 4 aromatic rings. The number of hydrogen-bond acceptors (Lipinski definition) is 4. The third kappa shape index (κ3) is 5.75. The zero-order valence-electron chi connectivity index (χ0n) is 21.2. The molecule has 1 heterocycles. The lowest BCUT2D eigenvalue weighted by Crippen LogP contribution is -2.17. The lowest BCUT2D eigenvalue weighted by Gasteiger charge is -2.19. The minimum Gasteiger partial charge on any atom is -0.406 e. The average molecular weight is 548 g/mol.